The van der Waals surface area contributed by atoms with Gasteiger partial charge in [-0.15, -0.1) is 0 Å². The van der Waals surface area contributed by atoms with Crippen LogP contribution in [0.4, 0.5) is 4.79 Å². The second kappa shape index (κ2) is 5.26. The van der Waals surface area contributed by atoms with E-state index in [2.05, 4.69) is 5.32 Å². The summed E-state index contributed by atoms with van der Waals surface area (Å²) in [5.74, 6) is -0.235. The van der Waals surface area contributed by atoms with Crippen molar-refractivity contribution in [2.45, 2.75) is 69.4 Å². The molecule has 3 fully saturated rings. The number of amides is 2. The van der Waals surface area contributed by atoms with E-state index in [4.69, 9.17) is 0 Å². The molecule has 0 aromatic carbocycles. The number of nitrogens with one attached hydrogen (secondary N) is 1. The van der Waals surface area contributed by atoms with Gasteiger partial charge < -0.3 is 15.3 Å². The highest BCUT2D eigenvalue weighted by molar-refractivity contribution is 5.86. The van der Waals surface area contributed by atoms with E-state index in [1.807, 2.05) is 4.90 Å². The van der Waals surface area contributed by atoms with E-state index in [-0.39, 0.29) is 6.03 Å². The first kappa shape index (κ1) is 13.7. The zero-order valence-electron chi connectivity index (χ0n) is 11.9. The number of likely N-dealkylation sites (tertiary alicyclic amines) is 1. The molecule has 1 saturated heterocycles. The second-order valence-electron chi connectivity index (χ2n) is 6.62. The number of hydrogen-bond acceptors (Lipinski definition) is 2. The fraction of sp³-hybridized carbons (Fsp3) is 0.867. The minimum atomic E-state index is -1.01. The van der Waals surface area contributed by atoms with Crippen LogP contribution in [0, 0.1) is 5.92 Å². The maximum atomic E-state index is 12.5. The Morgan fingerprint density at radius 2 is 1.75 bits per heavy atom. The standard InChI is InChI=1S/C15H24N2O3/c18-13(19)15(8-3-4-9-15)16-14(20)17-10-7-11-5-1-2-6-12(11)17/h11-12H,1-10H2,(H,16,20)(H,18,19). The zero-order valence-corrected chi connectivity index (χ0v) is 11.9. The van der Waals surface area contributed by atoms with Crippen LogP contribution in [-0.4, -0.2) is 40.1 Å². The first-order valence-corrected chi connectivity index (χ1v) is 7.95. The van der Waals surface area contributed by atoms with Crippen molar-refractivity contribution in [2.75, 3.05) is 6.54 Å². The molecule has 2 unspecified atom stereocenters. The molecule has 2 N–H and O–H groups in total. The third-order valence-corrected chi connectivity index (χ3v) is 5.48. The molecule has 2 aliphatic carbocycles. The average molecular weight is 280 g/mol. The van der Waals surface area contributed by atoms with Crippen LogP contribution >= 0.6 is 0 Å². The van der Waals surface area contributed by atoms with E-state index in [1.54, 1.807) is 0 Å². The molecule has 3 rings (SSSR count). The van der Waals surface area contributed by atoms with E-state index in [0.717, 1.165) is 32.2 Å². The predicted octanol–water partition coefficient (Wildman–Crippen LogP) is 2.36. The number of carbonyl (C=O) groups is 2. The Balaban J connectivity index is 1.68. The Kier molecular flexibility index (Phi) is 3.61. The molecule has 0 aromatic rings. The lowest BCUT2D eigenvalue weighted by Crippen LogP contribution is -2.57. The van der Waals surface area contributed by atoms with Gasteiger partial charge in [-0.1, -0.05) is 25.7 Å². The Labute approximate surface area is 119 Å². The van der Waals surface area contributed by atoms with Gasteiger partial charge in [-0.05, 0) is 38.0 Å². The summed E-state index contributed by atoms with van der Waals surface area (Å²) in [6.45, 7) is 0.789. The van der Waals surface area contributed by atoms with Crippen molar-refractivity contribution >= 4 is 12.0 Å². The molecule has 5 heteroatoms. The predicted molar refractivity (Wildman–Crippen MR) is 74.4 cm³/mol. The van der Waals surface area contributed by atoms with Gasteiger partial charge in [0.25, 0.3) is 0 Å². The van der Waals surface area contributed by atoms with Gasteiger partial charge >= 0.3 is 12.0 Å². The molecule has 2 amide bonds. The van der Waals surface area contributed by atoms with Crippen LogP contribution in [0.15, 0.2) is 0 Å². The fourth-order valence-corrected chi connectivity index (χ4v) is 4.31. The lowest BCUT2D eigenvalue weighted by molar-refractivity contribution is -0.144. The number of nitrogens with zero attached hydrogens (tertiary/aromatic N) is 1. The van der Waals surface area contributed by atoms with Gasteiger partial charge in [0.15, 0.2) is 0 Å². The molecular weight excluding hydrogens is 256 g/mol. The molecular formula is C15H24N2O3. The molecule has 0 radical (unpaired) electrons. The third kappa shape index (κ3) is 2.27. The number of rotatable bonds is 2. The van der Waals surface area contributed by atoms with Crippen LogP contribution in [0.3, 0.4) is 0 Å². The van der Waals surface area contributed by atoms with Crippen LogP contribution in [0.25, 0.3) is 0 Å². The van der Waals surface area contributed by atoms with E-state index in [9.17, 15) is 14.7 Å². The number of aliphatic carboxylic acids is 1. The number of urea groups is 1. The molecule has 2 saturated carbocycles. The molecule has 112 valence electrons. The van der Waals surface area contributed by atoms with E-state index >= 15 is 0 Å². The summed E-state index contributed by atoms with van der Waals surface area (Å²) >= 11 is 0. The summed E-state index contributed by atoms with van der Waals surface area (Å²) in [7, 11) is 0. The molecule has 3 aliphatic rings. The Hall–Kier alpha value is -1.26. The van der Waals surface area contributed by atoms with Crippen LogP contribution in [0.5, 0.6) is 0 Å². The molecule has 0 spiro atoms. The van der Waals surface area contributed by atoms with Gasteiger partial charge in [0, 0.05) is 12.6 Å². The number of carboxylic acids is 1. The maximum absolute atomic E-state index is 12.5. The molecule has 5 nitrogen and oxygen atoms in total. The Morgan fingerprint density at radius 3 is 2.45 bits per heavy atom. The normalized spacial score (nSPS) is 31.9. The van der Waals surface area contributed by atoms with Crippen molar-refractivity contribution in [3.8, 4) is 0 Å². The SMILES string of the molecule is O=C(NC1(C(=O)O)CCCC1)N1CCC2CCCCC21. The summed E-state index contributed by atoms with van der Waals surface area (Å²) in [4.78, 5) is 26.0. The molecule has 1 heterocycles. The highest BCUT2D eigenvalue weighted by Crippen LogP contribution is 2.37. The average Bonchev–Trinajstić information content (AvgIpc) is 3.05. The minimum absolute atomic E-state index is 0.149. The van der Waals surface area contributed by atoms with Crippen molar-refractivity contribution in [3.05, 3.63) is 0 Å². The quantitative estimate of drug-likeness (QED) is 0.815. The molecule has 0 aromatic heterocycles. The zero-order chi connectivity index (χ0) is 14.2. The van der Waals surface area contributed by atoms with Gasteiger partial charge in [0.1, 0.15) is 5.54 Å². The summed E-state index contributed by atoms with van der Waals surface area (Å²) in [5.41, 5.74) is -1.01. The van der Waals surface area contributed by atoms with E-state index < -0.39 is 11.5 Å². The fourth-order valence-electron chi connectivity index (χ4n) is 4.31. The first-order valence-electron chi connectivity index (χ1n) is 7.95. The smallest absolute Gasteiger partial charge is 0.329 e. The van der Waals surface area contributed by atoms with Crippen molar-refractivity contribution in [1.82, 2.24) is 10.2 Å². The lowest BCUT2D eigenvalue weighted by atomic mass is 9.85. The maximum Gasteiger partial charge on any atom is 0.329 e. The van der Waals surface area contributed by atoms with Crippen LogP contribution < -0.4 is 5.32 Å². The van der Waals surface area contributed by atoms with Crippen molar-refractivity contribution < 1.29 is 14.7 Å². The van der Waals surface area contributed by atoms with E-state index in [1.165, 1.54) is 19.3 Å². The largest absolute Gasteiger partial charge is 0.480 e. The third-order valence-electron chi connectivity index (χ3n) is 5.48. The number of carboxylic acid groups (broad SMARTS) is 1. The Bertz CT molecular complexity index is 404. The van der Waals surface area contributed by atoms with Gasteiger partial charge in [0.05, 0.1) is 0 Å². The second-order valence-corrected chi connectivity index (χ2v) is 6.62. The molecule has 0 bridgehead atoms. The van der Waals surface area contributed by atoms with E-state index in [0.29, 0.717) is 24.8 Å². The number of fused-ring (bicyclic) bond motifs is 1. The van der Waals surface area contributed by atoms with Crippen molar-refractivity contribution in [1.29, 1.82) is 0 Å². The van der Waals surface area contributed by atoms with Crippen molar-refractivity contribution in [2.24, 2.45) is 5.92 Å². The van der Waals surface area contributed by atoms with Crippen molar-refractivity contribution in [3.63, 3.8) is 0 Å². The summed E-state index contributed by atoms with van der Waals surface area (Å²) in [6, 6.07) is 0.194. The van der Waals surface area contributed by atoms with Crippen LogP contribution in [0.2, 0.25) is 0 Å². The summed E-state index contributed by atoms with van der Waals surface area (Å²) in [6.07, 6.45) is 8.75. The number of carbonyl (C=O) groups excluding carboxylic acids is 1. The van der Waals surface area contributed by atoms with Crippen LogP contribution in [0.1, 0.15) is 57.8 Å². The Morgan fingerprint density at radius 1 is 1.05 bits per heavy atom. The minimum Gasteiger partial charge on any atom is -0.480 e. The first-order chi connectivity index (χ1) is 9.62. The molecule has 1 aliphatic heterocycles. The number of hydrogen-bond donors (Lipinski definition) is 2. The monoisotopic (exact) mass is 280 g/mol. The van der Waals surface area contributed by atoms with Gasteiger partial charge in [0.2, 0.25) is 0 Å². The van der Waals surface area contributed by atoms with Gasteiger partial charge in [-0.3, -0.25) is 0 Å². The molecule has 20 heavy (non-hydrogen) atoms. The van der Waals surface area contributed by atoms with Crippen LogP contribution in [-0.2, 0) is 4.79 Å². The lowest BCUT2D eigenvalue weighted by Gasteiger charge is -2.34. The summed E-state index contributed by atoms with van der Waals surface area (Å²) in [5, 5.41) is 12.3. The highest BCUT2D eigenvalue weighted by Gasteiger charge is 2.45. The molecule has 2 atom stereocenters. The topological polar surface area (TPSA) is 69.6 Å². The summed E-state index contributed by atoms with van der Waals surface area (Å²) < 4.78 is 0. The van der Waals surface area contributed by atoms with Gasteiger partial charge in [-0.2, -0.15) is 0 Å². The van der Waals surface area contributed by atoms with Gasteiger partial charge in [-0.25, -0.2) is 9.59 Å². The highest BCUT2D eigenvalue weighted by atomic mass is 16.4.